The van der Waals surface area contributed by atoms with E-state index in [1.807, 2.05) is 0 Å². The van der Waals surface area contributed by atoms with Gasteiger partial charge in [0.1, 0.15) is 17.5 Å². The number of nitrogens with one attached hydrogen (secondary N) is 1. The summed E-state index contributed by atoms with van der Waals surface area (Å²) in [4.78, 5) is 6.21. The lowest BCUT2D eigenvalue weighted by atomic mass is 10.1. The lowest BCUT2D eigenvalue weighted by Crippen LogP contribution is -2.36. The Bertz CT molecular complexity index is 807. The third-order valence-electron chi connectivity index (χ3n) is 4.00. The minimum Gasteiger partial charge on any atom is -0.378 e. The number of guanidine groups is 1. The van der Waals surface area contributed by atoms with Crippen LogP contribution in [0.15, 0.2) is 41.4 Å². The second kappa shape index (κ2) is 8.09. The minimum atomic E-state index is -0.649. The Morgan fingerprint density at radius 2 is 1.77 bits per heavy atom. The molecule has 138 valence electrons. The number of halogens is 3. The zero-order chi connectivity index (χ0) is 18.5. The van der Waals surface area contributed by atoms with E-state index in [-0.39, 0.29) is 24.0 Å². The van der Waals surface area contributed by atoms with Crippen molar-refractivity contribution in [3.63, 3.8) is 0 Å². The van der Waals surface area contributed by atoms with Gasteiger partial charge >= 0.3 is 0 Å². The maximum absolute atomic E-state index is 13.7. The first-order chi connectivity index (χ1) is 12.5. The lowest BCUT2D eigenvalue weighted by Gasteiger charge is -2.30. The maximum atomic E-state index is 13.7. The van der Waals surface area contributed by atoms with E-state index >= 15 is 0 Å². The fraction of sp³-hybridized carbons (Fsp3) is 0.278. The third-order valence-corrected chi connectivity index (χ3v) is 4.00. The van der Waals surface area contributed by atoms with Gasteiger partial charge in [-0.3, -0.25) is 0 Å². The van der Waals surface area contributed by atoms with Crippen molar-refractivity contribution in [1.82, 2.24) is 0 Å². The highest BCUT2D eigenvalue weighted by molar-refractivity contribution is 5.92. The molecule has 5 nitrogen and oxygen atoms in total. The molecule has 8 heteroatoms. The molecule has 3 rings (SSSR count). The molecule has 0 aliphatic carbocycles. The molecule has 0 spiro atoms. The van der Waals surface area contributed by atoms with Gasteiger partial charge in [0.15, 0.2) is 5.96 Å². The number of hydrogen-bond donors (Lipinski definition) is 2. The van der Waals surface area contributed by atoms with Crippen LogP contribution in [0.3, 0.4) is 0 Å². The summed E-state index contributed by atoms with van der Waals surface area (Å²) in [5.74, 6) is -1.72. The number of hydrogen-bond acceptors (Lipinski definition) is 3. The highest BCUT2D eigenvalue weighted by Gasteiger charge is 2.15. The minimum absolute atomic E-state index is 0.0910. The van der Waals surface area contributed by atoms with Crippen molar-refractivity contribution in [2.45, 2.75) is 6.54 Å². The predicted molar refractivity (Wildman–Crippen MR) is 94.7 cm³/mol. The van der Waals surface area contributed by atoms with E-state index in [4.69, 9.17) is 10.5 Å². The predicted octanol–water partition coefficient (Wildman–Crippen LogP) is 2.87. The van der Waals surface area contributed by atoms with Gasteiger partial charge < -0.3 is 20.7 Å². The number of nitrogens with zero attached hydrogens (tertiary/aromatic N) is 2. The summed E-state index contributed by atoms with van der Waals surface area (Å²) in [6.07, 6.45) is 0. The van der Waals surface area contributed by atoms with Crippen LogP contribution in [0, 0.1) is 17.5 Å². The van der Waals surface area contributed by atoms with Gasteiger partial charge in [-0.15, -0.1) is 0 Å². The van der Waals surface area contributed by atoms with Crippen LogP contribution in [0.25, 0.3) is 0 Å². The van der Waals surface area contributed by atoms with Crippen LogP contribution >= 0.6 is 0 Å². The molecule has 0 amide bonds. The molecule has 0 radical (unpaired) electrons. The maximum Gasteiger partial charge on any atom is 0.193 e. The molecule has 26 heavy (non-hydrogen) atoms. The fourth-order valence-electron chi connectivity index (χ4n) is 2.73. The summed E-state index contributed by atoms with van der Waals surface area (Å²) >= 11 is 0. The highest BCUT2D eigenvalue weighted by Crippen LogP contribution is 2.24. The van der Waals surface area contributed by atoms with E-state index in [9.17, 15) is 13.2 Å². The number of anilines is 2. The molecule has 0 bridgehead atoms. The summed E-state index contributed by atoms with van der Waals surface area (Å²) in [6.45, 7) is 2.70. The number of nitrogens with two attached hydrogens (primary N) is 1. The van der Waals surface area contributed by atoms with Crippen molar-refractivity contribution < 1.29 is 17.9 Å². The number of ether oxygens (including phenoxy) is 1. The summed E-state index contributed by atoms with van der Waals surface area (Å²) in [5, 5.41) is 2.52. The van der Waals surface area contributed by atoms with E-state index in [1.54, 1.807) is 6.07 Å². The van der Waals surface area contributed by atoms with E-state index in [1.165, 1.54) is 12.1 Å². The largest absolute Gasteiger partial charge is 0.378 e. The van der Waals surface area contributed by atoms with E-state index in [0.29, 0.717) is 31.9 Å². The van der Waals surface area contributed by atoms with Crippen LogP contribution in [-0.2, 0) is 11.3 Å². The van der Waals surface area contributed by atoms with Crippen LogP contribution in [0.2, 0.25) is 0 Å². The number of rotatable bonds is 4. The monoisotopic (exact) mass is 364 g/mol. The van der Waals surface area contributed by atoms with Gasteiger partial charge in [-0.2, -0.15) is 0 Å². The van der Waals surface area contributed by atoms with Gasteiger partial charge in [-0.1, -0.05) is 0 Å². The molecule has 0 aromatic heterocycles. The Labute approximate surface area is 149 Å². The molecular formula is C18H19F3N4O. The Morgan fingerprint density at radius 3 is 2.54 bits per heavy atom. The molecule has 0 atom stereocenters. The molecule has 1 aliphatic heterocycles. The molecule has 2 aromatic carbocycles. The second-order valence-electron chi connectivity index (χ2n) is 5.82. The van der Waals surface area contributed by atoms with Gasteiger partial charge in [0.2, 0.25) is 0 Å². The van der Waals surface area contributed by atoms with Crippen molar-refractivity contribution in [3.8, 4) is 0 Å². The second-order valence-corrected chi connectivity index (χ2v) is 5.82. The summed E-state index contributed by atoms with van der Waals surface area (Å²) in [7, 11) is 0. The number of benzene rings is 2. The van der Waals surface area contributed by atoms with E-state index in [0.717, 1.165) is 23.9 Å². The molecule has 3 N–H and O–H groups in total. The topological polar surface area (TPSA) is 62.9 Å². The fourth-order valence-corrected chi connectivity index (χ4v) is 2.73. The van der Waals surface area contributed by atoms with Crippen molar-refractivity contribution in [2.75, 3.05) is 36.5 Å². The first-order valence-corrected chi connectivity index (χ1v) is 8.16. The van der Waals surface area contributed by atoms with E-state index in [2.05, 4.69) is 15.2 Å². The normalized spacial score (nSPS) is 15.2. The van der Waals surface area contributed by atoms with Gasteiger partial charge in [-0.05, 0) is 35.9 Å². The van der Waals surface area contributed by atoms with Crippen LogP contribution in [0.5, 0.6) is 0 Å². The van der Waals surface area contributed by atoms with Crippen molar-refractivity contribution in [2.24, 2.45) is 10.7 Å². The van der Waals surface area contributed by atoms with Crippen molar-refractivity contribution in [3.05, 3.63) is 59.4 Å². The first-order valence-electron chi connectivity index (χ1n) is 8.16. The molecule has 1 aliphatic rings. The van der Waals surface area contributed by atoms with Crippen molar-refractivity contribution in [1.29, 1.82) is 0 Å². The number of morpholine rings is 1. The summed E-state index contributed by atoms with van der Waals surface area (Å²) in [5.41, 5.74) is 7.15. The first kappa shape index (κ1) is 18.1. The smallest absolute Gasteiger partial charge is 0.193 e. The molecule has 0 unspecified atom stereocenters. The molecule has 1 heterocycles. The standard InChI is InChI=1S/C18H19F3N4O/c19-13-2-4-17(25-5-7-26-8-6-25)12(9-13)11-23-18(22)24-16-10-14(20)1-3-15(16)21/h1-4,9-10H,5-8,11H2,(H3,22,23,24). The number of aliphatic imine (C=N–C) groups is 1. The van der Waals surface area contributed by atoms with Crippen molar-refractivity contribution >= 4 is 17.3 Å². The molecule has 1 fully saturated rings. The Morgan fingerprint density at radius 1 is 1.08 bits per heavy atom. The van der Waals surface area contributed by atoms with E-state index < -0.39 is 11.6 Å². The molecular weight excluding hydrogens is 345 g/mol. The Hall–Kier alpha value is -2.74. The van der Waals surface area contributed by atoms with Gasteiger partial charge in [0.25, 0.3) is 0 Å². The highest BCUT2D eigenvalue weighted by atomic mass is 19.1. The summed E-state index contributed by atoms with van der Waals surface area (Å²) in [6, 6.07) is 7.47. The summed E-state index contributed by atoms with van der Waals surface area (Å²) < 4.78 is 45.8. The van der Waals surface area contributed by atoms with Gasteiger partial charge in [-0.25, -0.2) is 18.2 Å². The SMILES string of the molecule is NC(=NCc1cc(F)ccc1N1CCOCC1)Nc1cc(F)ccc1F. The lowest BCUT2D eigenvalue weighted by molar-refractivity contribution is 0.122. The van der Waals surface area contributed by atoms with Crippen LogP contribution in [-0.4, -0.2) is 32.3 Å². The van der Waals surface area contributed by atoms with Crippen LogP contribution in [0.4, 0.5) is 24.5 Å². The molecule has 0 saturated carbocycles. The van der Waals surface area contributed by atoms with Crippen LogP contribution in [0.1, 0.15) is 5.56 Å². The van der Waals surface area contributed by atoms with Gasteiger partial charge in [0.05, 0.1) is 25.4 Å². The average Bonchev–Trinajstić information content (AvgIpc) is 2.64. The third kappa shape index (κ3) is 4.45. The van der Waals surface area contributed by atoms with Gasteiger partial charge in [0, 0.05) is 24.8 Å². The molecule has 2 aromatic rings. The zero-order valence-electron chi connectivity index (χ0n) is 14.0. The zero-order valence-corrected chi connectivity index (χ0v) is 14.0. The Balaban J connectivity index is 1.76. The molecule has 1 saturated heterocycles. The Kier molecular flexibility index (Phi) is 5.62. The quantitative estimate of drug-likeness (QED) is 0.647. The average molecular weight is 364 g/mol. The van der Waals surface area contributed by atoms with Crippen LogP contribution < -0.4 is 16.0 Å².